The lowest BCUT2D eigenvalue weighted by atomic mass is 9.84. The van der Waals surface area contributed by atoms with Crippen molar-refractivity contribution in [3.8, 4) is 0 Å². The predicted octanol–water partition coefficient (Wildman–Crippen LogP) is 3.88. The van der Waals surface area contributed by atoms with Crippen molar-refractivity contribution in [2.45, 2.75) is 57.8 Å². The standard InChI is InChI=1S/C14H22O/c15-14-8-4-7-13(11-14)10-9-12-5-2-1-3-6-12/h9-10,12-13H,1-8,11H2/b10-9+. The molecule has 0 bridgehead atoms. The van der Waals surface area contributed by atoms with Crippen LogP contribution in [0.15, 0.2) is 12.2 Å². The fourth-order valence-corrected chi connectivity index (χ4v) is 2.86. The van der Waals surface area contributed by atoms with Gasteiger partial charge >= 0.3 is 0 Å². The van der Waals surface area contributed by atoms with Crippen molar-refractivity contribution in [3.05, 3.63) is 12.2 Å². The van der Waals surface area contributed by atoms with Crippen molar-refractivity contribution in [2.24, 2.45) is 11.8 Å². The summed E-state index contributed by atoms with van der Waals surface area (Å²) in [6.45, 7) is 0. The number of carbonyl (C=O) groups excluding carboxylic acids is 1. The van der Waals surface area contributed by atoms with E-state index in [9.17, 15) is 4.79 Å². The van der Waals surface area contributed by atoms with Crippen molar-refractivity contribution in [1.82, 2.24) is 0 Å². The van der Waals surface area contributed by atoms with Crippen molar-refractivity contribution in [1.29, 1.82) is 0 Å². The highest BCUT2D eigenvalue weighted by molar-refractivity contribution is 5.79. The smallest absolute Gasteiger partial charge is 0.133 e. The molecule has 0 saturated heterocycles. The summed E-state index contributed by atoms with van der Waals surface area (Å²) >= 11 is 0. The van der Waals surface area contributed by atoms with Crippen LogP contribution in [-0.4, -0.2) is 5.78 Å². The average Bonchev–Trinajstić information content (AvgIpc) is 2.28. The Morgan fingerprint density at radius 3 is 2.27 bits per heavy atom. The third-order valence-corrected chi connectivity index (χ3v) is 3.83. The molecular formula is C14H22O. The van der Waals surface area contributed by atoms with Crippen molar-refractivity contribution < 1.29 is 4.79 Å². The maximum absolute atomic E-state index is 11.3. The van der Waals surface area contributed by atoms with Crippen molar-refractivity contribution in [3.63, 3.8) is 0 Å². The number of Topliss-reactive ketones (excluding diaryl/α,β-unsaturated/α-hetero) is 1. The second kappa shape index (κ2) is 5.48. The van der Waals surface area contributed by atoms with Crippen LogP contribution in [0.25, 0.3) is 0 Å². The van der Waals surface area contributed by atoms with Crippen LogP contribution >= 0.6 is 0 Å². The van der Waals surface area contributed by atoms with Crippen molar-refractivity contribution >= 4 is 5.78 Å². The highest BCUT2D eigenvalue weighted by Gasteiger charge is 2.17. The van der Waals surface area contributed by atoms with Crippen LogP contribution in [0, 0.1) is 11.8 Å². The molecule has 84 valence electrons. The zero-order valence-corrected chi connectivity index (χ0v) is 9.58. The lowest BCUT2D eigenvalue weighted by Gasteiger charge is -2.20. The van der Waals surface area contributed by atoms with Crippen LogP contribution in [-0.2, 0) is 4.79 Å². The SMILES string of the molecule is O=C1CCCC(/C=C/C2CCCCC2)C1. The first-order valence-corrected chi connectivity index (χ1v) is 6.54. The number of ketones is 1. The third-order valence-electron chi connectivity index (χ3n) is 3.83. The highest BCUT2D eigenvalue weighted by Crippen LogP contribution is 2.27. The molecule has 0 radical (unpaired) electrons. The van der Waals surface area contributed by atoms with Gasteiger partial charge in [0.2, 0.25) is 0 Å². The molecule has 0 aromatic heterocycles. The molecule has 15 heavy (non-hydrogen) atoms. The Hall–Kier alpha value is -0.590. The highest BCUT2D eigenvalue weighted by atomic mass is 16.1. The zero-order chi connectivity index (χ0) is 10.5. The van der Waals surface area contributed by atoms with E-state index in [4.69, 9.17) is 0 Å². The third kappa shape index (κ3) is 3.48. The van der Waals surface area contributed by atoms with Crippen LogP contribution in [0.2, 0.25) is 0 Å². The summed E-state index contributed by atoms with van der Waals surface area (Å²) in [5.74, 6) is 1.85. The Labute approximate surface area is 92.9 Å². The van der Waals surface area contributed by atoms with E-state index in [2.05, 4.69) is 12.2 Å². The summed E-state index contributed by atoms with van der Waals surface area (Å²) in [4.78, 5) is 11.3. The summed E-state index contributed by atoms with van der Waals surface area (Å²) in [5.41, 5.74) is 0. The Kier molecular flexibility index (Phi) is 3.99. The molecule has 0 aliphatic heterocycles. The van der Waals surface area contributed by atoms with Gasteiger partial charge in [0.15, 0.2) is 0 Å². The number of rotatable bonds is 2. The van der Waals surface area contributed by atoms with E-state index < -0.39 is 0 Å². The number of allylic oxidation sites excluding steroid dienone is 2. The van der Waals surface area contributed by atoms with Crippen LogP contribution in [0.3, 0.4) is 0 Å². The first-order valence-electron chi connectivity index (χ1n) is 6.54. The summed E-state index contributed by atoms with van der Waals surface area (Å²) in [6, 6.07) is 0. The Morgan fingerprint density at radius 2 is 1.53 bits per heavy atom. The predicted molar refractivity (Wildman–Crippen MR) is 62.7 cm³/mol. The van der Waals surface area contributed by atoms with Gasteiger partial charge in [-0.3, -0.25) is 4.79 Å². The minimum atomic E-state index is 0.472. The van der Waals surface area contributed by atoms with E-state index in [1.807, 2.05) is 0 Å². The molecule has 1 atom stereocenters. The fraction of sp³-hybridized carbons (Fsp3) is 0.786. The maximum Gasteiger partial charge on any atom is 0.133 e. The monoisotopic (exact) mass is 206 g/mol. The second-order valence-electron chi connectivity index (χ2n) is 5.18. The van der Waals surface area contributed by atoms with Gasteiger partial charge < -0.3 is 0 Å². The minimum absolute atomic E-state index is 0.472. The maximum atomic E-state index is 11.3. The molecule has 0 spiro atoms. The molecule has 2 aliphatic carbocycles. The van der Waals surface area contributed by atoms with Gasteiger partial charge in [-0.15, -0.1) is 0 Å². The van der Waals surface area contributed by atoms with E-state index in [-0.39, 0.29) is 0 Å². The number of carbonyl (C=O) groups is 1. The van der Waals surface area contributed by atoms with E-state index in [0.717, 1.165) is 25.2 Å². The molecule has 1 heteroatoms. The minimum Gasteiger partial charge on any atom is -0.300 e. The lowest BCUT2D eigenvalue weighted by Crippen LogP contribution is -2.13. The van der Waals surface area contributed by atoms with Crippen LogP contribution in [0.4, 0.5) is 0 Å². The molecular weight excluding hydrogens is 184 g/mol. The molecule has 1 nitrogen and oxygen atoms in total. The van der Waals surface area contributed by atoms with Gasteiger partial charge in [0.1, 0.15) is 5.78 Å². The van der Waals surface area contributed by atoms with E-state index >= 15 is 0 Å². The molecule has 0 aromatic rings. The Bertz CT molecular complexity index is 236. The van der Waals surface area contributed by atoms with Gasteiger partial charge in [-0.25, -0.2) is 0 Å². The Balaban J connectivity index is 1.78. The molecule has 1 unspecified atom stereocenters. The first kappa shape index (κ1) is 10.9. The number of hydrogen-bond donors (Lipinski definition) is 0. The van der Waals surface area contributed by atoms with Gasteiger partial charge in [0, 0.05) is 12.8 Å². The zero-order valence-electron chi connectivity index (χ0n) is 9.58. The van der Waals surface area contributed by atoms with Crippen LogP contribution in [0.1, 0.15) is 57.8 Å². The fourth-order valence-electron chi connectivity index (χ4n) is 2.86. The number of hydrogen-bond acceptors (Lipinski definition) is 1. The molecule has 2 fully saturated rings. The summed E-state index contributed by atoms with van der Waals surface area (Å²) in [6.07, 6.45) is 15.7. The van der Waals surface area contributed by atoms with Crippen molar-refractivity contribution in [2.75, 3.05) is 0 Å². The summed E-state index contributed by atoms with van der Waals surface area (Å²) < 4.78 is 0. The van der Waals surface area contributed by atoms with Gasteiger partial charge in [0.25, 0.3) is 0 Å². The van der Waals surface area contributed by atoms with Gasteiger partial charge in [0.05, 0.1) is 0 Å². The largest absolute Gasteiger partial charge is 0.300 e. The molecule has 0 heterocycles. The molecule has 0 amide bonds. The molecule has 0 aromatic carbocycles. The molecule has 2 saturated carbocycles. The molecule has 2 rings (SSSR count). The molecule has 2 aliphatic rings. The van der Waals surface area contributed by atoms with Gasteiger partial charge in [-0.05, 0) is 37.5 Å². The van der Waals surface area contributed by atoms with Gasteiger partial charge in [-0.1, -0.05) is 31.4 Å². The Morgan fingerprint density at radius 1 is 0.867 bits per heavy atom. The second-order valence-corrected chi connectivity index (χ2v) is 5.18. The average molecular weight is 206 g/mol. The van der Waals surface area contributed by atoms with Gasteiger partial charge in [-0.2, -0.15) is 0 Å². The molecule has 0 N–H and O–H groups in total. The van der Waals surface area contributed by atoms with E-state index in [1.165, 1.54) is 38.5 Å². The normalized spacial score (nSPS) is 29.9. The van der Waals surface area contributed by atoms with Crippen LogP contribution < -0.4 is 0 Å². The first-order chi connectivity index (χ1) is 7.34. The summed E-state index contributed by atoms with van der Waals surface area (Å²) in [7, 11) is 0. The quantitative estimate of drug-likeness (QED) is 0.627. The van der Waals surface area contributed by atoms with E-state index in [0.29, 0.717) is 11.7 Å². The topological polar surface area (TPSA) is 17.1 Å². The lowest BCUT2D eigenvalue weighted by molar-refractivity contribution is -0.121. The van der Waals surface area contributed by atoms with E-state index in [1.54, 1.807) is 0 Å². The van der Waals surface area contributed by atoms with Crippen LogP contribution in [0.5, 0.6) is 0 Å². The summed E-state index contributed by atoms with van der Waals surface area (Å²) in [5, 5.41) is 0.